The van der Waals surface area contributed by atoms with Gasteiger partial charge in [0.2, 0.25) is 0 Å². The molecule has 0 aliphatic carbocycles. The minimum Gasteiger partial charge on any atom is -0.444 e. The van der Waals surface area contributed by atoms with Crippen LogP contribution in [-0.4, -0.2) is 50.7 Å². The van der Waals surface area contributed by atoms with Crippen LogP contribution in [0, 0.1) is 6.92 Å². The van der Waals surface area contributed by atoms with Gasteiger partial charge >= 0.3 is 6.09 Å². The Labute approximate surface area is 164 Å². The average Bonchev–Trinajstić information content (AvgIpc) is 3.02. The monoisotopic (exact) mass is 389 g/mol. The number of aryl methyl sites for hydroxylation is 1. The summed E-state index contributed by atoms with van der Waals surface area (Å²) in [5, 5.41) is 3.79. The molecule has 8 heteroatoms. The molecule has 1 fully saturated rings. The zero-order valence-corrected chi connectivity index (χ0v) is 16.7. The molecule has 3 heterocycles. The van der Waals surface area contributed by atoms with Gasteiger partial charge < -0.3 is 15.0 Å². The second-order valence-electron chi connectivity index (χ2n) is 7.59. The third-order valence-corrected chi connectivity index (χ3v) is 4.35. The molecule has 0 bridgehead atoms. The maximum absolute atomic E-state index is 12.2. The van der Waals surface area contributed by atoms with Crippen LogP contribution in [0.25, 0.3) is 11.4 Å². The second kappa shape index (κ2) is 7.68. The lowest BCUT2D eigenvalue weighted by Gasteiger charge is -2.24. The van der Waals surface area contributed by atoms with E-state index in [4.69, 9.17) is 16.3 Å². The van der Waals surface area contributed by atoms with Crippen molar-refractivity contribution in [1.82, 2.24) is 19.9 Å². The van der Waals surface area contributed by atoms with Gasteiger partial charge in [-0.15, -0.1) is 0 Å². The number of nitrogens with one attached hydrogen (secondary N) is 1. The number of carbonyl (C=O) groups is 1. The molecular formula is C19H24ClN5O2. The molecule has 0 radical (unpaired) electrons. The van der Waals surface area contributed by atoms with Gasteiger partial charge in [-0.2, -0.15) is 0 Å². The zero-order valence-electron chi connectivity index (χ0n) is 16.0. The van der Waals surface area contributed by atoms with E-state index in [0.717, 1.165) is 23.5 Å². The summed E-state index contributed by atoms with van der Waals surface area (Å²) in [5.41, 5.74) is 1.16. The Hall–Kier alpha value is -2.41. The van der Waals surface area contributed by atoms with Crippen molar-refractivity contribution in [1.29, 1.82) is 0 Å². The van der Waals surface area contributed by atoms with E-state index in [0.29, 0.717) is 24.1 Å². The Bertz CT molecular complexity index is 837. The van der Waals surface area contributed by atoms with Gasteiger partial charge in [-0.3, -0.25) is 0 Å². The number of anilines is 1. The molecule has 2 aromatic heterocycles. The summed E-state index contributed by atoms with van der Waals surface area (Å²) in [6.07, 6.45) is 2.20. The van der Waals surface area contributed by atoms with Crippen LogP contribution in [-0.2, 0) is 4.74 Å². The minimum absolute atomic E-state index is 0.137. The van der Waals surface area contributed by atoms with Crippen molar-refractivity contribution in [2.45, 2.75) is 45.8 Å². The number of hydrogen-bond donors (Lipinski definition) is 1. The number of aromatic nitrogens is 3. The second-order valence-corrected chi connectivity index (χ2v) is 7.98. The van der Waals surface area contributed by atoms with Crippen LogP contribution >= 0.6 is 11.6 Å². The highest BCUT2D eigenvalue weighted by Gasteiger charge is 2.29. The molecular weight excluding hydrogens is 366 g/mol. The van der Waals surface area contributed by atoms with Crippen LogP contribution in [0.15, 0.2) is 24.4 Å². The Morgan fingerprint density at radius 1 is 1.30 bits per heavy atom. The lowest BCUT2D eigenvalue weighted by atomic mass is 10.2. The molecule has 144 valence electrons. The van der Waals surface area contributed by atoms with E-state index in [1.807, 2.05) is 39.8 Å². The van der Waals surface area contributed by atoms with Gasteiger partial charge in [-0.05, 0) is 52.3 Å². The molecule has 1 atom stereocenters. The lowest BCUT2D eigenvalue weighted by Crippen LogP contribution is -2.36. The number of rotatable bonds is 3. The van der Waals surface area contributed by atoms with Crippen molar-refractivity contribution in [3.8, 4) is 11.4 Å². The van der Waals surface area contributed by atoms with Crippen molar-refractivity contribution < 1.29 is 9.53 Å². The first-order chi connectivity index (χ1) is 12.7. The number of likely N-dealkylation sites (tertiary alicyclic amines) is 1. The van der Waals surface area contributed by atoms with Crippen LogP contribution in [0.2, 0.25) is 5.15 Å². The number of amides is 1. The van der Waals surface area contributed by atoms with Gasteiger partial charge in [0.1, 0.15) is 16.6 Å². The SMILES string of the molecule is Cc1nc(N[C@H]2CCN(C(=O)OC(C)(C)C)C2)ccc1-c1nccc(Cl)n1. The van der Waals surface area contributed by atoms with Crippen molar-refractivity contribution in [2.24, 2.45) is 0 Å². The van der Waals surface area contributed by atoms with E-state index < -0.39 is 5.60 Å². The first-order valence-corrected chi connectivity index (χ1v) is 9.30. The number of halogens is 1. The fourth-order valence-corrected chi connectivity index (χ4v) is 3.06. The molecule has 1 aliphatic heterocycles. The molecule has 7 nitrogen and oxygen atoms in total. The molecule has 0 aromatic carbocycles. The lowest BCUT2D eigenvalue weighted by molar-refractivity contribution is 0.0293. The van der Waals surface area contributed by atoms with Crippen molar-refractivity contribution in [3.05, 3.63) is 35.2 Å². The molecule has 27 heavy (non-hydrogen) atoms. The highest BCUT2D eigenvalue weighted by Crippen LogP contribution is 2.23. The summed E-state index contributed by atoms with van der Waals surface area (Å²) in [7, 11) is 0. The Morgan fingerprint density at radius 2 is 2.07 bits per heavy atom. The maximum Gasteiger partial charge on any atom is 0.410 e. The molecule has 1 amide bonds. The van der Waals surface area contributed by atoms with Crippen LogP contribution in [0.5, 0.6) is 0 Å². The fourth-order valence-electron chi connectivity index (χ4n) is 2.92. The van der Waals surface area contributed by atoms with E-state index in [2.05, 4.69) is 20.3 Å². The van der Waals surface area contributed by atoms with E-state index in [9.17, 15) is 4.79 Å². The highest BCUT2D eigenvalue weighted by molar-refractivity contribution is 6.29. The van der Waals surface area contributed by atoms with Crippen molar-refractivity contribution in [2.75, 3.05) is 18.4 Å². The first-order valence-electron chi connectivity index (χ1n) is 8.92. The molecule has 0 spiro atoms. The summed E-state index contributed by atoms with van der Waals surface area (Å²) < 4.78 is 5.43. The maximum atomic E-state index is 12.2. The normalized spacial score (nSPS) is 17.1. The van der Waals surface area contributed by atoms with Gasteiger partial charge in [0, 0.05) is 30.9 Å². The van der Waals surface area contributed by atoms with Crippen molar-refractivity contribution in [3.63, 3.8) is 0 Å². The molecule has 1 aliphatic rings. The van der Waals surface area contributed by atoms with Crippen molar-refractivity contribution >= 4 is 23.5 Å². The summed E-state index contributed by atoms with van der Waals surface area (Å²) in [6, 6.07) is 5.59. The molecule has 3 rings (SSSR count). The third-order valence-electron chi connectivity index (χ3n) is 4.14. The predicted octanol–water partition coefficient (Wildman–Crippen LogP) is 3.92. The van der Waals surface area contributed by atoms with E-state index in [-0.39, 0.29) is 12.1 Å². The molecule has 0 saturated carbocycles. The summed E-state index contributed by atoms with van der Waals surface area (Å²) in [6.45, 7) is 8.78. The number of nitrogens with zero attached hydrogens (tertiary/aromatic N) is 4. The van der Waals surface area contributed by atoms with Crippen LogP contribution in [0.1, 0.15) is 32.9 Å². The van der Waals surface area contributed by atoms with Gasteiger partial charge in [0.25, 0.3) is 0 Å². The number of pyridine rings is 1. The largest absolute Gasteiger partial charge is 0.444 e. The molecule has 1 N–H and O–H groups in total. The van der Waals surface area contributed by atoms with Crippen LogP contribution in [0.4, 0.5) is 10.6 Å². The smallest absolute Gasteiger partial charge is 0.410 e. The highest BCUT2D eigenvalue weighted by atomic mass is 35.5. The zero-order chi connectivity index (χ0) is 19.6. The van der Waals surface area contributed by atoms with Gasteiger partial charge in [-0.1, -0.05) is 11.6 Å². The number of hydrogen-bond acceptors (Lipinski definition) is 6. The average molecular weight is 390 g/mol. The van der Waals surface area contributed by atoms with E-state index in [1.165, 1.54) is 0 Å². The van der Waals surface area contributed by atoms with E-state index in [1.54, 1.807) is 17.2 Å². The summed E-state index contributed by atoms with van der Waals surface area (Å²) in [5.74, 6) is 1.31. The van der Waals surface area contributed by atoms with Gasteiger partial charge in [0.05, 0.1) is 5.69 Å². The minimum atomic E-state index is -0.487. The number of ether oxygens (including phenoxy) is 1. The molecule has 0 unspecified atom stereocenters. The summed E-state index contributed by atoms with van der Waals surface area (Å²) in [4.78, 5) is 27.0. The Balaban J connectivity index is 1.64. The molecule has 1 saturated heterocycles. The van der Waals surface area contributed by atoms with Gasteiger partial charge in [-0.25, -0.2) is 19.7 Å². The first kappa shape index (κ1) is 19.4. The quantitative estimate of drug-likeness (QED) is 0.801. The fraction of sp³-hybridized carbons (Fsp3) is 0.474. The van der Waals surface area contributed by atoms with Gasteiger partial charge in [0.15, 0.2) is 5.82 Å². The molecule has 2 aromatic rings. The summed E-state index contributed by atoms with van der Waals surface area (Å²) >= 11 is 5.94. The topological polar surface area (TPSA) is 80.2 Å². The Morgan fingerprint density at radius 3 is 2.74 bits per heavy atom. The number of carbonyl (C=O) groups excluding carboxylic acids is 1. The van der Waals surface area contributed by atoms with E-state index >= 15 is 0 Å². The third kappa shape index (κ3) is 5.07. The van der Waals surface area contributed by atoms with Crippen LogP contribution < -0.4 is 5.32 Å². The Kier molecular flexibility index (Phi) is 5.51. The predicted molar refractivity (Wildman–Crippen MR) is 105 cm³/mol. The van der Waals surface area contributed by atoms with Crippen LogP contribution in [0.3, 0.4) is 0 Å². The standard InChI is InChI=1S/C19H24ClN5O2/c1-12-14(17-21-9-7-15(20)24-17)5-6-16(22-12)23-13-8-10-25(11-13)18(26)27-19(2,3)4/h5-7,9,13H,8,10-11H2,1-4H3,(H,22,23)/t13-/m0/s1.